The summed E-state index contributed by atoms with van der Waals surface area (Å²) in [4.78, 5) is 19.6. The van der Waals surface area contributed by atoms with Crippen molar-refractivity contribution in [3.63, 3.8) is 0 Å². The summed E-state index contributed by atoms with van der Waals surface area (Å²) in [6.45, 7) is 6.27. The van der Waals surface area contributed by atoms with Crippen LogP contribution in [0.3, 0.4) is 0 Å². The molecule has 1 unspecified atom stereocenters. The molecule has 2 aromatic heterocycles. The second-order valence-corrected chi connectivity index (χ2v) is 7.65. The van der Waals surface area contributed by atoms with Crippen LogP contribution >= 0.6 is 0 Å². The molecule has 1 saturated carbocycles. The van der Waals surface area contributed by atoms with Crippen LogP contribution in [-0.2, 0) is 11.3 Å². The maximum absolute atomic E-state index is 12.7. The molecule has 0 bridgehead atoms. The quantitative estimate of drug-likeness (QED) is 0.846. The lowest BCUT2D eigenvalue weighted by atomic mass is 9.94. The zero-order valence-electron chi connectivity index (χ0n) is 16.9. The molecule has 6 nitrogen and oxygen atoms in total. The molecule has 2 aromatic rings. The number of carbonyl (C=O) groups excluding carboxylic acids is 1. The Morgan fingerprint density at radius 3 is 2.74 bits per heavy atom. The van der Waals surface area contributed by atoms with Crippen molar-refractivity contribution in [1.82, 2.24) is 20.1 Å². The fourth-order valence-electron chi connectivity index (χ4n) is 4.01. The Labute approximate surface area is 162 Å². The third-order valence-electron chi connectivity index (χ3n) is 5.57. The molecule has 0 spiro atoms. The van der Waals surface area contributed by atoms with Crippen molar-refractivity contribution < 1.29 is 4.79 Å². The van der Waals surface area contributed by atoms with Crippen LogP contribution in [0.1, 0.15) is 62.0 Å². The van der Waals surface area contributed by atoms with E-state index in [1.54, 1.807) is 4.68 Å². The van der Waals surface area contributed by atoms with E-state index in [9.17, 15) is 4.79 Å². The van der Waals surface area contributed by atoms with Crippen molar-refractivity contribution in [1.29, 1.82) is 0 Å². The molecule has 3 rings (SSSR count). The number of aromatic nitrogens is 3. The Bertz CT molecular complexity index is 779. The van der Waals surface area contributed by atoms with Gasteiger partial charge in [0.2, 0.25) is 5.91 Å². The summed E-state index contributed by atoms with van der Waals surface area (Å²) in [6, 6.07) is 6.17. The lowest BCUT2D eigenvalue weighted by Crippen LogP contribution is -2.36. The van der Waals surface area contributed by atoms with Gasteiger partial charge in [0.1, 0.15) is 11.9 Å². The van der Waals surface area contributed by atoms with Gasteiger partial charge in [-0.1, -0.05) is 25.3 Å². The monoisotopic (exact) mass is 369 g/mol. The van der Waals surface area contributed by atoms with Crippen molar-refractivity contribution in [3.8, 4) is 0 Å². The molecule has 1 fully saturated rings. The fourth-order valence-corrected chi connectivity index (χ4v) is 4.01. The second kappa shape index (κ2) is 8.55. The molecule has 1 atom stereocenters. The molecule has 2 heterocycles. The lowest BCUT2D eigenvalue weighted by Gasteiger charge is -2.33. The van der Waals surface area contributed by atoms with Gasteiger partial charge in [0, 0.05) is 37.1 Å². The summed E-state index contributed by atoms with van der Waals surface area (Å²) in [5.74, 6) is 0.944. The van der Waals surface area contributed by atoms with Crippen LogP contribution in [0, 0.1) is 13.8 Å². The Balaban J connectivity index is 1.67. The highest BCUT2D eigenvalue weighted by molar-refractivity contribution is 5.80. The third-order valence-corrected chi connectivity index (χ3v) is 5.57. The van der Waals surface area contributed by atoms with Gasteiger partial charge in [-0.15, -0.1) is 0 Å². The molecule has 27 heavy (non-hydrogen) atoms. The first kappa shape index (κ1) is 19.4. The summed E-state index contributed by atoms with van der Waals surface area (Å²) >= 11 is 0. The molecular weight excluding hydrogens is 338 g/mol. The smallest absolute Gasteiger partial charge is 0.244 e. The number of anilines is 1. The van der Waals surface area contributed by atoms with Gasteiger partial charge in [0.05, 0.1) is 5.69 Å². The molecule has 1 N–H and O–H groups in total. The van der Waals surface area contributed by atoms with Gasteiger partial charge in [-0.3, -0.25) is 9.48 Å². The molecule has 6 heteroatoms. The van der Waals surface area contributed by atoms with Gasteiger partial charge in [-0.25, -0.2) is 4.98 Å². The van der Waals surface area contributed by atoms with Crippen molar-refractivity contribution in [2.24, 2.45) is 0 Å². The molecule has 146 valence electrons. The number of hydrogen-bond acceptors (Lipinski definition) is 4. The van der Waals surface area contributed by atoms with E-state index in [0.29, 0.717) is 12.6 Å². The molecule has 0 aliphatic heterocycles. The van der Waals surface area contributed by atoms with E-state index in [1.165, 1.54) is 32.1 Å². The van der Waals surface area contributed by atoms with Crippen molar-refractivity contribution in [2.45, 2.75) is 71.5 Å². The normalized spacial score (nSPS) is 16.1. The Morgan fingerprint density at radius 2 is 2.07 bits per heavy atom. The second-order valence-electron chi connectivity index (χ2n) is 7.65. The van der Waals surface area contributed by atoms with E-state index < -0.39 is 0 Å². The largest absolute Gasteiger partial charge is 0.356 e. The zero-order valence-corrected chi connectivity index (χ0v) is 16.9. The maximum atomic E-state index is 12.7. The highest BCUT2D eigenvalue weighted by Gasteiger charge is 2.22. The minimum absolute atomic E-state index is 0.0312. The SMILES string of the molecule is Cc1cc(C)n(C(C)C(=O)NCc2cccnc2N(C)C2CCCCC2)n1. The number of nitrogens with zero attached hydrogens (tertiary/aromatic N) is 4. The number of rotatable bonds is 6. The van der Waals surface area contributed by atoms with Gasteiger partial charge < -0.3 is 10.2 Å². The summed E-state index contributed by atoms with van der Waals surface area (Å²) in [5.41, 5.74) is 2.98. The molecule has 0 saturated heterocycles. The molecule has 0 radical (unpaired) electrons. The van der Waals surface area contributed by atoms with Gasteiger partial charge in [-0.05, 0) is 45.7 Å². The molecular formula is C21H31N5O. The summed E-state index contributed by atoms with van der Waals surface area (Å²) < 4.78 is 1.78. The summed E-state index contributed by atoms with van der Waals surface area (Å²) in [6.07, 6.45) is 8.17. The van der Waals surface area contributed by atoms with Crippen molar-refractivity contribution in [2.75, 3.05) is 11.9 Å². The topological polar surface area (TPSA) is 63.1 Å². The minimum Gasteiger partial charge on any atom is -0.356 e. The van der Waals surface area contributed by atoms with Crippen LogP contribution in [0.15, 0.2) is 24.4 Å². The van der Waals surface area contributed by atoms with Crippen LogP contribution in [0.5, 0.6) is 0 Å². The Hall–Kier alpha value is -2.37. The number of aryl methyl sites for hydroxylation is 2. The summed E-state index contributed by atoms with van der Waals surface area (Å²) in [7, 11) is 2.13. The lowest BCUT2D eigenvalue weighted by molar-refractivity contribution is -0.124. The number of amides is 1. The molecule has 1 aliphatic carbocycles. The first-order valence-electron chi connectivity index (χ1n) is 9.94. The first-order chi connectivity index (χ1) is 13.0. The van der Waals surface area contributed by atoms with Gasteiger partial charge in [0.15, 0.2) is 0 Å². The molecule has 0 aromatic carbocycles. The predicted molar refractivity (Wildman–Crippen MR) is 108 cm³/mol. The maximum Gasteiger partial charge on any atom is 0.244 e. The fraction of sp³-hybridized carbons (Fsp3) is 0.571. The highest BCUT2D eigenvalue weighted by atomic mass is 16.2. The zero-order chi connectivity index (χ0) is 19.4. The van der Waals surface area contributed by atoms with Crippen molar-refractivity contribution in [3.05, 3.63) is 41.3 Å². The van der Waals surface area contributed by atoms with Crippen LogP contribution in [0.2, 0.25) is 0 Å². The molecule has 1 amide bonds. The average Bonchev–Trinajstić information content (AvgIpc) is 3.03. The number of nitrogens with one attached hydrogen (secondary N) is 1. The average molecular weight is 370 g/mol. The Morgan fingerprint density at radius 1 is 1.33 bits per heavy atom. The van der Waals surface area contributed by atoms with Crippen LogP contribution in [0.4, 0.5) is 5.82 Å². The van der Waals surface area contributed by atoms with Crippen LogP contribution in [0.25, 0.3) is 0 Å². The Kier molecular flexibility index (Phi) is 6.14. The van der Waals surface area contributed by atoms with E-state index in [4.69, 9.17) is 0 Å². The summed E-state index contributed by atoms with van der Waals surface area (Å²) in [5, 5.41) is 7.49. The van der Waals surface area contributed by atoms with Gasteiger partial charge in [-0.2, -0.15) is 5.10 Å². The predicted octanol–water partition coefficient (Wildman–Crippen LogP) is 3.54. The standard InChI is InChI=1S/C21H31N5O/c1-15-13-16(2)26(24-15)17(3)21(27)23-14-18-9-8-12-22-20(18)25(4)19-10-6-5-7-11-19/h8-9,12-13,17,19H,5-7,10-11,14H2,1-4H3,(H,23,27). The third kappa shape index (κ3) is 4.49. The van der Waals surface area contributed by atoms with Crippen LogP contribution < -0.4 is 10.2 Å². The van der Waals surface area contributed by atoms with E-state index in [1.807, 2.05) is 39.1 Å². The first-order valence-corrected chi connectivity index (χ1v) is 9.94. The van der Waals surface area contributed by atoms with E-state index in [-0.39, 0.29) is 11.9 Å². The van der Waals surface area contributed by atoms with Crippen LogP contribution in [-0.4, -0.2) is 33.8 Å². The van der Waals surface area contributed by atoms with Gasteiger partial charge in [0.25, 0.3) is 0 Å². The van der Waals surface area contributed by atoms with E-state index >= 15 is 0 Å². The number of pyridine rings is 1. The van der Waals surface area contributed by atoms with E-state index in [0.717, 1.165) is 22.8 Å². The minimum atomic E-state index is -0.338. The van der Waals surface area contributed by atoms with Crippen molar-refractivity contribution >= 4 is 11.7 Å². The highest BCUT2D eigenvalue weighted by Crippen LogP contribution is 2.27. The number of carbonyl (C=O) groups is 1. The van der Waals surface area contributed by atoms with E-state index in [2.05, 4.69) is 33.4 Å². The number of hydrogen-bond donors (Lipinski definition) is 1. The molecule has 1 aliphatic rings. The van der Waals surface area contributed by atoms with Gasteiger partial charge >= 0.3 is 0 Å².